The molecule has 4 nitrogen and oxygen atoms in total. The van der Waals surface area contributed by atoms with Crippen LogP contribution < -0.4 is 10.6 Å². The summed E-state index contributed by atoms with van der Waals surface area (Å²) in [5.41, 5.74) is 8.28. The fourth-order valence-electron chi connectivity index (χ4n) is 2.13. The van der Waals surface area contributed by atoms with Gasteiger partial charge < -0.3 is 15.4 Å². The van der Waals surface area contributed by atoms with Gasteiger partial charge in [-0.2, -0.15) is 5.26 Å². The van der Waals surface area contributed by atoms with Crippen molar-refractivity contribution in [2.75, 3.05) is 24.6 Å². The number of nitrogens with zero attached hydrogens (tertiary/aromatic N) is 2. The minimum Gasteiger partial charge on any atom is -0.366 e. The van der Waals surface area contributed by atoms with Crippen LogP contribution in [0.4, 0.5) is 5.69 Å². The second kappa shape index (κ2) is 5.85. The number of hydrogen-bond acceptors (Lipinski definition) is 4. The molecule has 1 aromatic rings. The molecule has 1 unspecified atom stereocenters. The number of benzene rings is 1. The van der Waals surface area contributed by atoms with Crippen LogP contribution in [0, 0.1) is 11.3 Å². The highest BCUT2D eigenvalue weighted by atomic mass is 16.5. The van der Waals surface area contributed by atoms with Crippen molar-refractivity contribution in [3.63, 3.8) is 0 Å². The first-order valence-corrected chi connectivity index (χ1v) is 6.36. The maximum absolute atomic E-state index is 8.89. The Morgan fingerprint density at radius 2 is 2.22 bits per heavy atom. The van der Waals surface area contributed by atoms with Crippen molar-refractivity contribution in [3.05, 3.63) is 29.8 Å². The minimum absolute atomic E-state index is 0.107. The SMILES string of the molecule is CC[C@H](N)c1ccc(N2CCOC(C#N)C2)cc1. The van der Waals surface area contributed by atoms with Crippen molar-refractivity contribution in [2.24, 2.45) is 5.73 Å². The molecule has 0 saturated carbocycles. The fourth-order valence-corrected chi connectivity index (χ4v) is 2.13. The van der Waals surface area contributed by atoms with E-state index in [2.05, 4.69) is 42.2 Å². The van der Waals surface area contributed by atoms with Crippen LogP contribution in [0.25, 0.3) is 0 Å². The van der Waals surface area contributed by atoms with Crippen LogP contribution in [-0.2, 0) is 4.74 Å². The summed E-state index contributed by atoms with van der Waals surface area (Å²) in [5, 5.41) is 8.89. The highest BCUT2D eigenvalue weighted by Crippen LogP contribution is 2.21. The molecule has 2 rings (SSSR count). The van der Waals surface area contributed by atoms with E-state index >= 15 is 0 Å². The number of anilines is 1. The maximum atomic E-state index is 8.89. The second-order valence-electron chi connectivity index (χ2n) is 4.54. The summed E-state index contributed by atoms with van der Waals surface area (Å²) < 4.78 is 5.34. The van der Waals surface area contributed by atoms with Crippen molar-refractivity contribution in [3.8, 4) is 6.07 Å². The standard InChI is InChI=1S/C14H19N3O/c1-2-14(16)11-3-5-12(6-4-11)17-7-8-18-13(9-15)10-17/h3-6,13-14H,2,7-8,10,16H2,1H3/t13?,14-/m0/s1. The average Bonchev–Trinajstić information content (AvgIpc) is 2.46. The monoisotopic (exact) mass is 245 g/mol. The zero-order chi connectivity index (χ0) is 13.0. The lowest BCUT2D eigenvalue weighted by Crippen LogP contribution is -2.41. The molecule has 1 saturated heterocycles. The highest BCUT2D eigenvalue weighted by Gasteiger charge is 2.20. The Morgan fingerprint density at radius 1 is 1.50 bits per heavy atom. The first-order valence-electron chi connectivity index (χ1n) is 6.36. The van der Waals surface area contributed by atoms with Crippen LogP contribution in [0.5, 0.6) is 0 Å². The van der Waals surface area contributed by atoms with Gasteiger partial charge in [-0.15, -0.1) is 0 Å². The van der Waals surface area contributed by atoms with Crippen LogP contribution in [0.3, 0.4) is 0 Å². The third-order valence-electron chi connectivity index (χ3n) is 3.34. The van der Waals surface area contributed by atoms with E-state index in [1.165, 1.54) is 0 Å². The molecule has 1 heterocycles. The summed E-state index contributed by atoms with van der Waals surface area (Å²) in [6.07, 6.45) is 0.615. The zero-order valence-corrected chi connectivity index (χ0v) is 10.7. The van der Waals surface area contributed by atoms with Crippen LogP contribution in [0.2, 0.25) is 0 Å². The first kappa shape index (κ1) is 12.9. The van der Waals surface area contributed by atoms with E-state index in [0.717, 1.165) is 24.2 Å². The summed E-state index contributed by atoms with van der Waals surface area (Å²) in [6.45, 7) is 4.15. The molecule has 2 N–H and O–H groups in total. The molecule has 0 spiro atoms. The number of hydrogen-bond donors (Lipinski definition) is 1. The predicted octanol–water partition coefficient (Wildman–Crippen LogP) is 1.83. The van der Waals surface area contributed by atoms with E-state index in [9.17, 15) is 0 Å². The van der Waals surface area contributed by atoms with Gasteiger partial charge in [0.1, 0.15) is 0 Å². The average molecular weight is 245 g/mol. The lowest BCUT2D eigenvalue weighted by molar-refractivity contribution is 0.0764. The number of rotatable bonds is 3. The normalized spacial score (nSPS) is 21.4. The van der Waals surface area contributed by atoms with Crippen LogP contribution in [0.15, 0.2) is 24.3 Å². The van der Waals surface area contributed by atoms with E-state index in [1.54, 1.807) is 0 Å². The molecular weight excluding hydrogens is 226 g/mol. The Hall–Kier alpha value is -1.57. The van der Waals surface area contributed by atoms with Gasteiger partial charge in [-0.25, -0.2) is 0 Å². The molecule has 1 aliphatic heterocycles. The van der Waals surface area contributed by atoms with Crippen molar-refractivity contribution in [1.29, 1.82) is 5.26 Å². The summed E-state index contributed by atoms with van der Waals surface area (Å²) in [4.78, 5) is 2.18. The van der Waals surface area contributed by atoms with Gasteiger partial charge in [0.25, 0.3) is 0 Å². The Bertz CT molecular complexity index is 424. The van der Waals surface area contributed by atoms with Gasteiger partial charge in [0.15, 0.2) is 6.10 Å². The van der Waals surface area contributed by atoms with Gasteiger partial charge in [-0.3, -0.25) is 0 Å². The molecule has 2 atom stereocenters. The second-order valence-corrected chi connectivity index (χ2v) is 4.54. The van der Waals surface area contributed by atoms with Gasteiger partial charge >= 0.3 is 0 Å². The molecule has 1 fully saturated rings. The smallest absolute Gasteiger partial charge is 0.161 e. The molecule has 0 aliphatic carbocycles. The van der Waals surface area contributed by atoms with E-state index in [1.807, 2.05) is 0 Å². The molecule has 1 aromatic carbocycles. The van der Waals surface area contributed by atoms with Crippen LogP contribution in [-0.4, -0.2) is 25.8 Å². The van der Waals surface area contributed by atoms with E-state index < -0.39 is 0 Å². The van der Waals surface area contributed by atoms with Crippen molar-refractivity contribution >= 4 is 5.69 Å². The van der Waals surface area contributed by atoms with Crippen molar-refractivity contribution < 1.29 is 4.74 Å². The fraction of sp³-hybridized carbons (Fsp3) is 0.500. The quantitative estimate of drug-likeness (QED) is 0.882. The summed E-state index contributed by atoms with van der Waals surface area (Å²) in [6, 6.07) is 10.6. The third-order valence-corrected chi connectivity index (χ3v) is 3.34. The molecule has 1 aliphatic rings. The molecule has 0 amide bonds. The van der Waals surface area contributed by atoms with Crippen LogP contribution >= 0.6 is 0 Å². The molecule has 18 heavy (non-hydrogen) atoms. The maximum Gasteiger partial charge on any atom is 0.161 e. The zero-order valence-electron chi connectivity index (χ0n) is 10.7. The van der Waals surface area contributed by atoms with E-state index in [4.69, 9.17) is 15.7 Å². The number of morpholine rings is 1. The topological polar surface area (TPSA) is 62.3 Å². The van der Waals surface area contributed by atoms with Crippen LogP contribution in [0.1, 0.15) is 24.9 Å². The third kappa shape index (κ3) is 2.81. The number of nitriles is 1. The Kier molecular flexibility index (Phi) is 4.19. The van der Waals surface area contributed by atoms with Gasteiger partial charge in [0.2, 0.25) is 0 Å². The molecule has 96 valence electrons. The van der Waals surface area contributed by atoms with Crippen molar-refractivity contribution in [1.82, 2.24) is 0 Å². The predicted molar refractivity (Wildman–Crippen MR) is 71.2 cm³/mol. The first-order chi connectivity index (χ1) is 8.74. The Balaban J connectivity index is 2.07. The van der Waals surface area contributed by atoms with Gasteiger partial charge in [0.05, 0.1) is 19.2 Å². The summed E-state index contributed by atoms with van der Waals surface area (Å²) >= 11 is 0. The Labute approximate surface area is 108 Å². The largest absolute Gasteiger partial charge is 0.366 e. The molecule has 0 aromatic heterocycles. The molecule has 4 heteroatoms. The highest BCUT2D eigenvalue weighted by molar-refractivity contribution is 5.48. The van der Waals surface area contributed by atoms with E-state index in [-0.39, 0.29) is 12.1 Å². The molecule has 0 radical (unpaired) electrons. The Morgan fingerprint density at radius 3 is 2.83 bits per heavy atom. The minimum atomic E-state index is -0.323. The lowest BCUT2D eigenvalue weighted by atomic mass is 10.0. The number of nitrogens with two attached hydrogens (primary N) is 1. The molecular formula is C14H19N3O. The summed E-state index contributed by atoms with van der Waals surface area (Å²) in [5.74, 6) is 0. The lowest BCUT2D eigenvalue weighted by Gasteiger charge is -2.31. The summed E-state index contributed by atoms with van der Waals surface area (Å²) in [7, 11) is 0. The van der Waals surface area contributed by atoms with Crippen molar-refractivity contribution in [2.45, 2.75) is 25.5 Å². The number of ether oxygens (including phenoxy) is 1. The van der Waals surface area contributed by atoms with Gasteiger partial charge in [-0.1, -0.05) is 19.1 Å². The van der Waals surface area contributed by atoms with Gasteiger partial charge in [-0.05, 0) is 24.1 Å². The van der Waals surface area contributed by atoms with Gasteiger partial charge in [0, 0.05) is 18.3 Å². The van der Waals surface area contributed by atoms with E-state index in [0.29, 0.717) is 13.2 Å². The molecule has 0 bridgehead atoms.